The van der Waals surface area contributed by atoms with Gasteiger partial charge in [0.25, 0.3) is 0 Å². The van der Waals surface area contributed by atoms with Crippen molar-refractivity contribution >= 4 is 5.78 Å². The lowest BCUT2D eigenvalue weighted by atomic mass is 9.95. The summed E-state index contributed by atoms with van der Waals surface area (Å²) in [5.41, 5.74) is 0.862. The molecule has 0 aromatic rings. The first-order valence-electron chi connectivity index (χ1n) is 5.66. The normalized spacial score (nSPS) is 13.7. The Labute approximate surface area is 92.9 Å². The molecule has 3 heteroatoms. The molecule has 0 aromatic heterocycles. The van der Waals surface area contributed by atoms with Gasteiger partial charge >= 0.3 is 0 Å². The van der Waals surface area contributed by atoms with E-state index in [2.05, 4.69) is 5.32 Å². The van der Waals surface area contributed by atoms with Crippen molar-refractivity contribution in [1.82, 2.24) is 5.32 Å². The highest BCUT2D eigenvalue weighted by molar-refractivity contribution is 5.97. The van der Waals surface area contributed by atoms with Gasteiger partial charge in [-0.3, -0.25) is 4.79 Å². The van der Waals surface area contributed by atoms with Gasteiger partial charge in [-0.25, -0.2) is 0 Å². The molecule has 0 unspecified atom stereocenters. The second kappa shape index (κ2) is 8.48. The van der Waals surface area contributed by atoms with Crippen molar-refractivity contribution < 1.29 is 9.53 Å². The number of methoxy groups -OCH3 is 1. The van der Waals surface area contributed by atoms with Crippen LogP contribution in [0.25, 0.3) is 0 Å². The number of Topliss-reactive ketones (excluding diaryl/α,β-unsaturated/α-hetero) is 1. The topological polar surface area (TPSA) is 38.3 Å². The lowest BCUT2D eigenvalue weighted by molar-refractivity contribution is -0.121. The fourth-order valence-corrected chi connectivity index (χ4v) is 1.41. The lowest BCUT2D eigenvalue weighted by Crippen LogP contribution is -2.22. The third kappa shape index (κ3) is 4.98. The molecule has 0 saturated heterocycles. The van der Waals surface area contributed by atoms with E-state index >= 15 is 0 Å². The third-order valence-electron chi connectivity index (χ3n) is 2.41. The number of ketones is 1. The molecule has 0 radical (unpaired) electrons. The molecule has 0 spiro atoms. The number of carbonyl (C=O) groups is 1. The fourth-order valence-electron chi connectivity index (χ4n) is 1.41. The van der Waals surface area contributed by atoms with Crippen LogP contribution in [0, 0.1) is 5.92 Å². The number of hydrogen-bond donors (Lipinski definition) is 1. The molecule has 0 amide bonds. The van der Waals surface area contributed by atoms with Gasteiger partial charge in [0.05, 0.1) is 6.61 Å². The number of carbonyl (C=O) groups excluding carboxylic acids is 1. The van der Waals surface area contributed by atoms with Gasteiger partial charge in [0.15, 0.2) is 5.78 Å². The van der Waals surface area contributed by atoms with Crippen LogP contribution in [-0.4, -0.2) is 26.0 Å². The van der Waals surface area contributed by atoms with Crippen LogP contribution in [0.4, 0.5) is 0 Å². The van der Waals surface area contributed by atoms with Crippen molar-refractivity contribution in [1.29, 1.82) is 0 Å². The first-order chi connectivity index (χ1) is 7.21. The third-order valence-corrected chi connectivity index (χ3v) is 2.41. The molecular formula is C12H23NO2. The molecular weight excluding hydrogens is 190 g/mol. The maximum atomic E-state index is 12.0. The van der Waals surface area contributed by atoms with Crippen molar-refractivity contribution in [3.63, 3.8) is 0 Å². The predicted molar refractivity (Wildman–Crippen MR) is 62.7 cm³/mol. The van der Waals surface area contributed by atoms with Crippen LogP contribution < -0.4 is 5.32 Å². The summed E-state index contributed by atoms with van der Waals surface area (Å²) in [6.07, 6.45) is 3.43. The number of rotatable bonds is 8. The van der Waals surface area contributed by atoms with E-state index in [1.807, 2.05) is 27.0 Å². The van der Waals surface area contributed by atoms with Gasteiger partial charge in [0.2, 0.25) is 0 Å². The van der Waals surface area contributed by atoms with Crippen molar-refractivity contribution in [2.75, 3.05) is 20.3 Å². The molecule has 1 N–H and O–H groups in total. The minimum atomic E-state index is -0.000133. The molecule has 0 saturated carbocycles. The number of ether oxygens (including phenoxy) is 1. The van der Waals surface area contributed by atoms with Crippen molar-refractivity contribution in [2.24, 2.45) is 5.92 Å². The average molecular weight is 213 g/mol. The highest BCUT2D eigenvalue weighted by atomic mass is 16.5. The molecule has 3 nitrogen and oxygen atoms in total. The standard InChI is InChI=1S/C12H23NO2/c1-5-10(8-13-7-3)12(14)11(6-2)9-15-4/h8,11,13H,5-7,9H2,1-4H3/b10-8-/t11-/m0/s1. The molecule has 0 aliphatic rings. The van der Waals surface area contributed by atoms with Gasteiger partial charge in [-0.05, 0) is 19.8 Å². The molecule has 0 rings (SSSR count). The summed E-state index contributed by atoms with van der Waals surface area (Å²) in [5.74, 6) is 0.211. The fraction of sp³-hybridized carbons (Fsp3) is 0.750. The second-order valence-corrected chi connectivity index (χ2v) is 3.51. The molecule has 88 valence electrons. The minimum absolute atomic E-state index is 0.000133. The Morgan fingerprint density at radius 1 is 1.40 bits per heavy atom. The van der Waals surface area contributed by atoms with Crippen LogP contribution in [-0.2, 0) is 9.53 Å². The van der Waals surface area contributed by atoms with Gasteiger partial charge in [-0.2, -0.15) is 0 Å². The van der Waals surface area contributed by atoms with Gasteiger partial charge in [0.1, 0.15) is 0 Å². The quantitative estimate of drug-likeness (QED) is 0.628. The van der Waals surface area contributed by atoms with E-state index in [9.17, 15) is 4.79 Å². The van der Waals surface area contributed by atoms with Gasteiger partial charge < -0.3 is 10.1 Å². The second-order valence-electron chi connectivity index (χ2n) is 3.51. The van der Waals surface area contributed by atoms with E-state index in [-0.39, 0.29) is 11.7 Å². The largest absolute Gasteiger partial charge is 0.391 e. The predicted octanol–water partition coefficient (Wildman–Crippen LogP) is 2.13. The smallest absolute Gasteiger partial charge is 0.165 e. The molecule has 0 aliphatic carbocycles. The molecule has 15 heavy (non-hydrogen) atoms. The number of nitrogens with one attached hydrogen (secondary N) is 1. The summed E-state index contributed by atoms with van der Waals surface area (Å²) >= 11 is 0. The van der Waals surface area contributed by atoms with E-state index in [0.717, 1.165) is 25.0 Å². The Kier molecular flexibility index (Phi) is 8.01. The zero-order chi connectivity index (χ0) is 11.7. The number of hydrogen-bond acceptors (Lipinski definition) is 3. The summed E-state index contributed by atoms with van der Waals surface area (Å²) in [7, 11) is 1.63. The Balaban J connectivity index is 4.46. The SMILES string of the molecule is CCN/C=C(/CC)C(=O)[C@@H](CC)COC. The molecule has 0 fully saturated rings. The van der Waals surface area contributed by atoms with Crippen LogP contribution in [0.3, 0.4) is 0 Å². The van der Waals surface area contributed by atoms with E-state index in [1.165, 1.54) is 0 Å². The van der Waals surface area contributed by atoms with Gasteiger partial charge in [-0.15, -0.1) is 0 Å². The maximum absolute atomic E-state index is 12.0. The summed E-state index contributed by atoms with van der Waals surface area (Å²) in [4.78, 5) is 12.0. The van der Waals surface area contributed by atoms with Crippen LogP contribution in [0.1, 0.15) is 33.6 Å². The zero-order valence-electron chi connectivity index (χ0n) is 10.3. The van der Waals surface area contributed by atoms with Crippen molar-refractivity contribution in [3.05, 3.63) is 11.8 Å². The summed E-state index contributed by atoms with van der Waals surface area (Å²) in [5, 5.41) is 3.08. The Bertz CT molecular complexity index is 212. The first-order valence-corrected chi connectivity index (χ1v) is 5.66. The van der Waals surface area contributed by atoms with Crippen molar-refractivity contribution in [2.45, 2.75) is 33.6 Å². The lowest BCUT2D eigenvalue weighted by Gasteiger charge is -2.14. The average Bonchev–Trinajstić information content (AvgIpc) is 2.26. The van der Waals surface area contributed by atoms with E-state index in [4.69, 9.17) is 4.74 Å². The summed E-state index contributed by atoms with van der Waals surface area (Å²) in [6, 6.07) is 0. The number of allylic oxidation sites excluding steroid dienone is 1. The zero-order valence-corrected chi connectivity index (χ0v) is 10.3. The van der Waals surface area contributed by atoms with Crippen LogP contribution in [0.5, 0.6) is 0 Å². The molecule has 1 atom stereocenters. The molecule has 0 aromatic carbocycles. The summed E-state index contributed by atoms with van der Waals surface area (Å²) in [6.45, 7) is 7.39. The highest BCUT2D eigenvalue weighted by Gasteiger charge is 2.18. The molecule has 0 bridgehead atoms. The molecule has 0 heterocycles. The summed E-state index contributed by atoms with van der Waals surface area (Å²) < 4.78 is 5.05. The van der Waals surface area contributed by atoms with Gasteiger partial charge in [0, 0.05) is 31.3 Å². The maximum Gasteiger partial charge on any atom is 0.165 e. The van der Waals surface area contributed by atoms with E-state index < -0.39 is 0 Å². The first kappa shape index (κ1) is 14.2. The van der Waals surface area contributed by atoms with E-state index in [0.29, 0.717) is 6.61 Å². The Hall–Kier alpha value is -0.830. The van der Waals surface area contributed by atoms with Crippen LogP contribution in [0.2, 0.25) is 0 Å². The molecule has 0 aliphatic heterocycles. The van der Waals surface area contributed by atoms with Crippen molar-refractivity contribution in [3.8, 4) is 0 Å². The van der Waals surface area contributed by atoms with Crippen LogP contribution >= 0.6 is 0 Å². The Morgan fingerprint density at radius 3 is 2.47 bits per heavy atom. The minimum Gasteiger partial charge on any atom is -0.391 e. The Morgan fingerprint density at radius 2 is 2.07 bits per heavy atom. The monoisotopic (exact) mass is 213 g/mol. The van der Waals surface area contributed by atoms with Gasteiger partial charge in [-0.1, -0.05) is 13.8 Å². The van der Waals surface area contributed by atoms with Crippen LogP contribution in [0.15, 0.2) is 11.8 Å². The highest BCUT2D eigenvalue weighted by Crippen LogP contribution is 2.13. The van der Waals surface area contributed by atoms with E-state index in [1.54, 1.807) is 7.11 Å².